The Labute approximate surface area is 115 Å². The van der Waals surface area contributed by atoms with Gasteiger partial charge in [0.05, 0.1) is 17.3 Å². The topological polar surface area (TPSA) is 34.0 Å². The summed E-state index contributed by atoms with van der Waals surface area (Å²) in [4.78, 5) is 11.5. The van der Waals surface area contributed by atoms with Crippen molar-refractivity contribution in [3.63, 3.8) is 0 Å². The van der Waals surface area contributed by atoms with Gasteiger partial charge in [0.1, 0.15) is 5.82 Å². The lowest BCUT2D eigenvalue weighted by Gasteiger charge is -2.09. The highest BCUT2D eigenvalue weighted by atomic mass is 35.5. The Balaban J connectivity index is 1.74. The molecule has 1 aromatic carbocycles. The van der Waals surface area contributed by atoms with Crippen LogP contribution in [-0.4, -0.2) is 10.4 Å². The fourth-order valence-corrected chi connectivity index (χ4v) is 2.49. The van der Waals surface area contributed by atoms with E-state index in [9.17, 15) is 9.18 Å². The van der Waals surface area contributed by atoms with Crippen molar-refractivity contribution in [1.29, 1.82) is 0 Å². The predicted octanol–water partition coefficient (Wildman–Crippen LogP) is 3.48. The number of carbonyl (C=O) groups is 1. The number of halogens is 2. The van der Waals surface area contributed by atoms with Gasteiger partial charge in [0.2, 0.25) is 0 Å². The number of nitrogens with one attached hydrogen (secondary N) is 1. The summed E-state index contributed by atoms with van der Waals surface area (Å²) < 4.78 is 15.0. The molecule has 0 saturated heterocycles. The lowest BCUT2D eigenvalue weighted by molar-refractivity contribution is 0.0994. The van der Waals surface area contributed by atoms with E-state index in [1.165, 1.54) is 6.07 Å². The normalized spacial score (nSPS) is 13.7. The summed E-state index contributed by atoms with van der Waals surface area (Å²) in [7, 11) is 0. The first-order chi connectivity index (χ1) is 9.15. The van der Waals surface area contributed by atoms with E-state index < -0.39 is 5.82 Å². The average molecular weight is 279 g/mol. The number of aromatic nitrogens is 1. The molecule has 2 heterocycles. The van der Waals surface area contributed by atoms with Crippen molar-refractivity contribution in [2.75, 3.05) is 5.32 Å². The highest BCUT2D eigenvalue weighted by molar-refractivity contribution is 6.31. The predicted molar refractivity (Wildman–Crippen MR) is 72.1 cm³/mol. The smallest absolute Gasteiger partial charge is 0.180 e. The zero-order chi connectivity index (χ0) is 13.4. The molecule has 19 heavy (non-hydrogen) atoms. The van der Waals surface area contributed by atoms with E-state index in [-0.39, 0.29) is 10.8 Å². The molecule has 0 atom stereocenters. The van der Waals surface area contributed by atoms with Crippen LogP contribution in [-0.2, 0) is 13.1 Å². The van der Waals surface area contributed by atoms with E-state index in [4.69, 9.17) is 11.6 Å². The van der Waals surface area contributed by atoms with Crippen molar-refractivity contribution >= 4 is 23.1 Å². The number of hydrogen-bond donors (Lipinski definition) is 1. The van der Waals surface area contributed by atoms with Crippen molar-refractivity contribution in [2.45, 2.75) is 19.5 Å². The maximum absolute atomic E-state index is 13.0. The van der Waals surface area contributed by atoms with Crippen LogP contribution in [0.15, 0.2) is 30.3 Å². The number of anilines is 1. The Kier molecular flexibility index (Phi) is 3.03. The Hall–Kier alpha value is -1.81. The molecule has 2 aromatic rings. The van der Waals surface area contributed by atoms with E-state index in [0.717, 1.165) is 23.6 Å². The zero-order valence-corrected chi connectivity index (χ0v) is 10.9. The van der Waals surface area contributed by atoms with Crippen molar-refractivity contribution < 1.29 is 9.18 Å². The molecule has 1 aliphatic rings. The van der Waals surface area contributed by atoms with Crippen molar-refractivity contribution in [2.24, 2.45) is 0 Å². The minimum absolute atomic E-state index is 0.0977. The monoisotopic (exact) mass is 278 g/mol. The number of rotatable bonds is 3. The Morgan fingerprint density at radius 1 is 1.32 bits per heavy atom. The Morgan fingerprint density at radius 3 is 2.95 bits per heavy atom. The lowest BCUT2D eigenvalue weighted by Crippen LogP contribution is -2.06. The summed E-state index contributed by atoms with van der Waals surface area (Å²) in [5.41, 5.74) is 2.57. The summed E-state index contributed by atoms with van der Waals surface area (Å²) in [6.45, 7) is 1.32. The maximum Gasteiger partial charge on any atom is 0.180 e. The van der Waals surface area contributed by atoms with Crippen LogP contribution in [0.2, 0.25) is 5.02 Å². The van der Waals surface area contributed by atoms with Crippen LogP contribution in [0, 0.1) is 5.82 Å². The second kappa shape index (κ2) is 4.70. The summed E-state index contributed by atoms with van der Waals surface area (Å²) in [5.74, 6) is -0.238. The van der Waals surface area contributed by atoms with Gasteiger partial charge in [-0.05, 0) is 30.3 Å². The zero-order valence-electron chi connectivity index (χ0n) is 10.1. The van der Waals surface area contributed by atoms with Crippen molar-refractivity contribution in [3.8, 4) is 0 Å². The molecule has 5 heteroatoms. The van der Waals surface area contributed by atoms with Gasteiger partial charge in [-0.1, -0.05) is 11.6 Å². The van der Waals surface area contributed by atoms with Gasteiger partial charge in [-0.15, -0.1) is 0 Å². The SMILES string of the molecule is O=C1CCn2c(CNc3ccc(F)c(Cl)c3)ccc21. The second-order valence-electron chi connectivity index (χ2n) is 4.52. The van der Waals surface area contributed by atoms with Crippen LogP contribution in [0.5, 0.6) is 0 Å². The Morgan fingerprint density at radius 2 is 2.16 bits per heavy atom. The minimum atomic E-state index is -0.429. The van der Waals surface area contributed by atoms with Crippen LogP contribution in [0.1, 0.15) is 22.6 Å². The number of ketones is 1. The molecule has 0 aliphatic carbocycles. The number of carbonyl (C=O) groups excluding carboxylic acids is 1. The third-order valence-electron chi connectivity index (χ3n) is 3.31. The van der Waals surface area contributed by atoms with E-state index >= 15 is 0 Å². The first kappa shape index (κ1) is 12.2. The van der Waals surface area contributed by atoms with Crippen LogP contribution in [0.3, 0.4) is 0 Å². The van der Waals surface area contributed by atoms with Gasteiger partial charge in [0.25, 0.3) is 0 Å². The minimum Gasteiger partial charge on any atom is -0.379 e. The van der Waals surface area contributed by atoms with Gasteiger partial charge >= 0.3 is 0 Å². The van der Waals surface area contributed by atoms with Crippen LogP contribution in [0.25, 0.3) is 0 Å². The first-order valence-corrected chi connectivity index (χ1v) is 6.43. The molecule has 1 aromatic heterocycles. The molecular weight excluding hydrogens is 267 g/mol. The number of nitrogens with zero attached hydrogens (tertiary/aromatic N) is 1. The summed E-state index contributed by atoms with van der Waals surface area (Å²) >= 11 is 5.72. The number of Topliss-reactive ketones (excluding diaryl/α,β-unsaturated/α-hetero) is 1. The number of benzene rings is 1. The third-order valence-corrected chi connectivity index (χ3v) is 3.60. The molecule has 0 radical (unpaired) electrons. The maximum atomic E-state index is 13.0. The van der Waals surface area contributed by atoms with Gasteiger partial charge in [0, 0.05) is 24.3 Å². The molecule has 0 saturated carbocycles. The van der Waals surface area contributed by atoms with E-state index in [1.807, 2.05) is 16.7 Å². The summed E-state index contributed by atoms with van der Waals surface area (Å²) in [6, 6.07) is 8.31. The molecule has 3 nitrogen and oxygen atoms in total. The molecule has 98 valence electrons. The van der Waals surface area contributed by atoms with Gasteiger partial charge in [-0.25, -0.2) is 4.39 Å². The van der Waals surface area contributed by atoms with Crippen LogP contribution >= 0.6 is 11.6 Å². The first-order valence-electron chi connectivity index (χ1n) is 6.05. The molecule has 1 aliphatic heterocycles. The van der Waals surface area contributed by atoms with Gasteiger partial charge in [0.15, 0.2) is 5.78 Å². The van der Waals surface area contributed by atoms with Crippen molar-refractivity contribution in [1.82, 2.24) is 4.57 Å². The average Bonchev–Trinajstić information content (AvgIpc) is 2.95. The quantitative estimate of drug-likeness (QED) is 0.933. The number of hydrogen-bond acceptors (Lipinski definition) is 2. The van der Waals surface area contributed by atoms with Crippen LogP contribution in [0.4, 0.5) is 10.1 Å². The third kappa shape index (κ3) is 2.24. The molecule has 0 unspecified atom stereocenters. The molecule has 0 amide bonds. The van der Waals surface area contributed by atoms with Crippen LogP contribution < -0.4 is 5.32 Å². The van der Waals surface area contributed by atoms with Gasteiger partial charge in [-0.3, -0.25) is 4.79 Å². The van der Waals surface area contributed by atoms with Gasteiger partial charge in [-0.2, -0.15) is 0 Å². The molecule has 3 rings (SSSR count). The standard InChI is InChI=1S/C14H12ClFN2O/c15-11-7-9(1-3-12(11)16)17-8-10-2-4-13-14(19)5-6-18(10)13/h1-4,7,17H,5-6,8H2. The number of fused-ring (bicyclic) bond motifs is 1. The van der Waals surface area contributed by atoms with Gasteiger partial charge < -0.3 is 9.88 Å². The highest BCUT2D eigenvalue weighted by Gasteiger charge is 2.21. The molecule has 1 N–H and O–H groups in total. The molecular formula is C14H12ClFN2O. The summed E-state index contributed by atoms with van der Waals surface area (Å²) in [6.07, 6.45) is 0.575. The molecule has 0 fully saturated rings. The van der Waals surface area contributed by atoms with E-state index in [2.05, 4.69) is 5.32 Å². The van der Waals surface area contributed by atoms with Crippen molar-refractivity contribution in [3.05, 3.63) is 52.6 Å². The molecule has 0 spiro atoms. The molecule has 0 bridgehead atoms. The lowest BCUT2D eigenvalue weighted by atomic mass is 10.2. The Bertz CT molecular complexity index is 651. The van der Waals surface area contributed by atoms with E-state index in [0.29, 0.717) is 13.0 Å². The van der Waals surface area contributed by atoms with E-state index in [1.54, 1.807) is 12.1 Å². The highest BCUT2D eigenvalue weighted by Crippen LogP contribution is 2.22. The second-order valence-corrected chi connectivity index (χ2v) is 4.92. The fraction of sp³-hybridized carbons (Fsp3) is 0.214. The fourth-order valence-electron chi connectivity index (χ4n) is 2.31. The largest absolute Gasteiger partial charge is 0.379 e. The summed E-state index contributed by atoms with van der Waals surface area (Å²) in [5, 5.41) is 3.27.